The van der Waals surface area contributed by atoms with Gasteiger partial charge in [0.05, 0.1) is 0 Å². The van der Waals surface area contributed by atoms with Gasteiger partial charge in [-0.15, -0.1) is 0 Å². The summed E-state index contributed by atoms with van der Waals surface area (Å²) in [6.45, 7) is 11.1. The van der Waals surface area contributed by atoms with E-state index in [2.05, 4.69) is 33.4 Å². The second kappa shape index (κ2) is 3.81. The summed E-state index contributed by atoms with van der Waals surface area (Å²) in [6.07, 6.45) is 9.16. The van der Waals surface area contributed by atoms with E-state index in [-0.39, 0.29) is 0 Å². The maximum atomic E-state index is 4.26. The van der Waals surface area contributed by atoms with Crippen LogP contribution in [0, 0.1) is 17.3 Å². The van der Waals surface area contributed by atoms with E-state index in [4.69, 9.17) is 0 Å². The third-order valence-electron chi connectivity index (χ3n) is 4.79. The van der Waals surface area contributed by atoms with E-state index in [0.717, 1.165) is 11.8 Å². The molecule has 0 heteroatoms. The minimum atomic E-state index is 0.598. The van der Waals surface area contributed by atoms with E-state index in [9.17, 15) is 0 Å². The predicted molar refractivity (Wildman–Crippen MR) is 66.7 cm³/mol. The zero-order chi connectivity index (χ0) is 11.1. The summed E-state index contributed by atoms with van der Waals surface area (Å²) in [6, 6.07) is 0. The largest absolute Gasteiger partial charge is 0.0996 e. The smallest absolute Gasteiger partial charge is 0.0146 e. The Morgan fingerprint density at radius 1 is 1.53 bits per heavy atom. The van der Waals surface area contributed by atoms with Crippen molar-refractivity contribution in [2.45, 2.75) is 52.9 Å². The van der Waals surface area contributed by atoms with Crippen molar-refractivity contribution in [3.05, 3.63) is 23.8 Å². The van der Waals surface area contributed by atoms with Crippen LogP contribution in [0.5, 0.6) is 0 Å². The molecule has 0 amide bonds. The Labute approximate surface area is 94.5 Å². The number of rotatable bonds is 3. The van der Waals surface area contributed by atoms with Gasteiger partial charge in [0, 0.05) is 0 Å². The van der Waals surface area contributed by atoms with Gasteiger partial charge in [-0.2, -0.15) is 0 Å². The van der Waals surface area contributed by atoms with Gasteiger partial charge in [0.2, 0.25) is 0 Å². The molecule has 3 saturated carbocycles. The molecule has 0 radical (unpaired) electrons. The molecule has 15 heavy (non-hydrogen) atoms. The zero-order valence-electron chi connectivity index (χ0n) is 10.5. The molecule has 0 N–H and O–H groups in total. The molecular formula is C15H24. The van der Waals surface area contributed by atoms with Gasteiger partial charge < -0.3 is 0 Å². The first-order valence-electron chi connectivity index (χ1n) is 6.35. The normalized spacial score (nSPS) is 38.5. The molecule has 0 aromatic rings. The first kappa shape index (κ1) is 11.0. The quantitative estimate of drug-likeness (QED) is 0.583. The molecule has 2 bridgehead atoms. The lowest BCUT2D eigenvalue weighted by molar-refractivity contribution is -0.0507. The first-order chi connectivity index (χ1) is 7.04. The lowest BCUT2D eigenvalue weighted by atomic mass is 9.45. The minimum absolute atomic E-state index is 0.598. The average molecular weight is 204 g/mol. The van der Waals surface area contributed by atoms with Crippen LogP contribution in [0.1, 0.15) is 52.9 Å². The molecule has 3 aliphatic rings. The van der Waals surface area contributed by atoms with Crippen molar-refractivity contribution in [1.29, 1.82) is 0 Å². The van der Waals surface area contributed by atoms with Gasteiger partial charge in [-0.3, -0.25) is 0 Å². The van der Waals surface area contributed by atoms with Crippen LogP contribution < -0.4 is 0 Å². The summed E-state index contributed by atoms with van der Waals surface area (Å²) in [4.78, 5) is 0. The second-order valence-electron chi connectivity index (χ2n) is 6.01. The minimum Gasteiger partial charge on any atom is -0.0996 e. The van der Waals surface area contributed by atoms with Crippen molar-refractivity contribution < 1.29 is 0 Å². The van der Waals surface area contributed by atoms with E-state index in [1.54, 1.807) is 0 Å². The number of hydrogen-bond donors (Lipinski definition) is 0. The molecule has 0 heterocycles. The molecule has 0 nitrogen and oxygen atoms in total. The highest BCUT2D eigenvalue weighted by molar-refractivity contribution is 5.20. The van der Waals surface area contributed by atoms with E-state index in [1.165, 1.54) is 43.3 Å². The molecule has 3 fully saturated rings. The third kappa shape index (κ3) is 1.79. The summed E-state index contributed by atoms with van der Waals surface area (Å²) >= 11 is 0. The van der Waals surface area contributed by atoms with Crippen LogP contribution in [0.4, 0.5) is 0 Å². The lowest BCUT2D eigenvalue weighted by Gasteiger charge is -2.59. The van der Waals surface area contributed by atoms with Gasteiger partial charge in [-0.25, -0.2) is 0 Å². The molecule has 3 aliphatic carbocycles. The van der Waals surface area contributed by atoms with Crippen LogP contribution in [0.2, 0.25) is 0 Å². The highest BCUT2D eigenvalue weighted by Gasteiger charge is 2.53. The van der Waals surface area contributed by atoms with Gasteiger partial charge in [0.1, 0.15) is 0 Å². The third-order valence-corrected chi connectivity index (χ3v) is 4.79. The van der Waals surface area contributed by atoms with E-state index < -0.39 is 0 Å². The van der Waals surface area contributed by atoms with Crippen molar-refractivity contribution in [1.82, 2.24) is 0 Å². The van der Waals surface area contributed by atoms with Crippen LogP contribution >= 0.6 is 0 Å². The number of allylic oxidation sites excluding steroid dienone is 3. The molecule has 0 aliphatic heterocycles. The van der Waals surface area contributed by atoms with Gasteiger partial charge in [0.15, 0.2) is 0 Å². The van der Waals surface area contributed by atoms with Crippen LogP contribution in [0.15, 0.2) is 23.8 Å². The molecule has 0 aromatic heterocycles. The molecule has 84 valence electrons. The Morgan fingerprint density at radius 2 is 2.27 bits per heavy atom. The summed E-state index contributed by atoms with van der Waals surface area (Å²) in [5.74, 6) is 1.85. The van der Waals surface area contributed by atoms with Crippen molar-refractivity contribution >= 4 is 0 Å². The summed E-state index contributed by atoms with van der Waals surface area (Å²) < 4.78 is 0. The fourth-order valence-electron chi connectivity index (χ4n) is 3.61. The van der Waals surface area contributed by atoms with Crippen LogP contribution in [-0.4, -0.2) is 0 Å². The Morgan fingerprint density at radius 3 is 2.80 bits per heavy atom. The summed E-state index contributed by atoms with van der Waals surface area (Å²) in [7, 11) is 0. The van der Waals surface area contributed by atoms with E-state index >= 15 is 0 Å². The fourth-order valence-corrected chi connectivity index (χ4v) is 3.61. The van der Waals surface area contributed by atoms with Gasteiger partial charge in [0.25, 0.3) is 0 Å². The topological polar surface area (TPSA) is 0 Å². The van der Waals surface area contributed by atoms with Gasteiger partial charge >= 0.3 is 0 Å². The fraction of sp³-hybridized carbons (Fsp3) is 0.733. The first-order valence-corrected chi connectivity index (χ1v) is 6.35. The van der Waals surface area contributed by atoms with Crippen LogP contribution in [0.25, 0.3) is 0 Å². The predicted octanol–water partition coefficient (Wildman–Crippen LogP) is 4.73. The standard InChI is InChI=1S/C15H24/c1-11(2)6-5-9-15(4)13-8-7-12(3)14(15)10-13/h6,13-14H,3,5,7-10H2,1-2,4H3/t13-,14+,15+/m0/s1. The van der Waals surface area contributed by atoms with Crippen molar-refractivity contribution in [2.75, 3.05) is 0 Å². The summed E-state index contributed by atoms with van der Waals surface area (Å²) in [5.41, 5.74) is 3.60. The molecule has 0 saturated heterocycles. The molecule has 3 rings (SSSR count). The molecular weight excluding hydrogens is 180 g/mol. The monoisotopic (exact) mass is 204 g/mol. The highest BCUT2D eigenvalue weighted by atomic mass is 14.6. The highest BCUT2D eigenvalue weighted by Crippen LogP contribution is 2.63. The maximum absolute atomic E-state index is 4.26. The van der Waals surface area contributed by atoms with Crippen molar-refractivity contribution in [2.24, 2.45) is 17.3 Å². The Hall–Kier alpha value is -0.520. The number of hydrogen-bond acceptors (Lipinski definition) is 0. The molecule has 0 aromatic carbocycles. The number of fused-ring (bicyclic) bond motifs is 2. The van der Waals surface area contributed by atoms with E-state index in [1.807, 2.05) is 0 Å². The Bertz CT molecular complexity index is 291. The SMILES string of the molecule is C=C1CC[C@H]2C[C@H]1[C@]2(C)CCC=C(C)C. The second-order valence-corrected chi connectivity index (χ2v) is 6.01. The lowest BCUT2D eigenvalue weighted by Crippen LogP contribution is -2.50. The van der Waals surface area contributed by atoms with Crippen molar-refractivity contribution in [3.8, 4) is 0 Å². The Balaban J connectivity index is 1.96. The van der Waals surface area contributed by atoms with Crippen molar-refractivity contribution in [3.63, 3.8) is 0 Å². The zero-order valence-corrected chi connectivity index (χ0v) is 10.5. The maximum Gasteiger partial charge on any atom is -0.0146 e. The molecule has 0 unspecified atom stereocenters. The molecule has 0 spiro atoms. The summed E-state index contributed by atoms with van der Waals surface area (Å²) in [5, 5.41) is 0. The Kier molecular flexibility index (Phi) is 2.79. The van der Waals surface area contributed by atoms with Crippen LogP contribution in [-0.2, 0) is 0 Å². The molecule has 3 atom stereocenters. The van der Waals surface area contributed by atoms with Gasteiger partial charge in [-0.05, 0) is 63.2 Å². The van der Waals surface area contributed by atoms with Crippen LogP contribution in [0.3, 0.4) is 0 Å². The average Bonchev–Trinajstić information content (AvgIpc) is 2.16. The van der Waals surface area contributed by atoms with E-state index in [0.29, 0.717) is 5.41 Å². The van der Waals surface area contributed by atoms with Gasteiger partial charge in [-0.1, -0.05) is 30.7 Å².